The van der Waals surface area contributed by atoms with Crippen molar-refractivity contribution in [2.45, 2.75) is 38.8 Å². The molecular formula is C25H24Cl2N2O5. The van der Waals surface area contributed by atoms with Gasteiger partial charge in [-0.25, -0.2) is 9.59 Å². The van der Waals surface area contributed by atoms with E-state index in [1.54, 1.807) is 69.4 Å². The van der Waals surface area contributed by atoms with Gasteiger partial charge >= 0.3 is 12.1 Å². The first kappa shape index (κ1) is 25.3. The van der Waals surface area contributed by atoms with Crippen molar-refractivity contribution < 1.29 is 24.2 Å². The molecule has 0 saturated heterocycles. The summed E-state index contributed by atoms with van der Waals surface area (Å²) in [6.07, 6.45) is 1.16. The minimum Gasteiger partial charge on any atom is -0.480 e. The van der Waals surface area contributed by atoms with Crippen molar-refractivity contribution in [2.24, 2.45) is 0 Å². The molecule has 0 spiro atoms. The largest absolute Gasteiger partial charge is 0.480 e. The fourth-order valence-corrected chi connectivity index (χ4v) is 3.85. The molecule has 3 aromatic rings. The van der Waals surface area contributed by atoms with Crippen LogP contribution in [0.4, 0.5) is 4.79 Å². The molecule has 3 rings (SSSR count). The molecule has 0 saturated carbocycles. The van der Waals surface area contributed by atoms with Crippen molar-refractivity contribution >= 4 is 41.2 Å². The van der Waals surface area contributed by atoms with E-state index in [1.807, 2.05) is 0 Å². The summed E-state index contributed by atoms with van der Waals surface area (Å²) in [6, 6.07) is 14.0. The number of rotatable bonds is 6. The molecule has 1 aromatic heterocycles. The number of nitrogens with zero attached hydrogens (tertiary/aromatic N) is 1. The Labute approximate surface area is 207 Å². The third kappa shape index (κ3) is 6.18. The predicted octanol–water partition coefficient (Wildman–Crippen LogP) is 5.67. The molecule has 1 heterocycles. The molecule has 2 aromatic carbocycles. The number of aliphatic carboxylic acids is 1. The third-order valence-corrected chi connectivity index (χ3v) is 5.45. The lowest BCUT2D eigenvalue weighted by Crippen LogP contribution is -2.42. The SMILES string of the molecule is CC(C)(C)OC(=O)n1cccc1-c1ccc(C[C@H](NC(=O)c2c(Cl)cccc2Cl)C(=O)O)cc1. The van der Waals surface area contributed by atoms with Crippen molar-refractivity contribution in [3.8, 4) is 11.3 Å². The molecule has 0 aliphatic heterocycles. The first-order valence-electron chi connectivity index (χ1n) is 10.4. The van der Waals surface area contributed by atoms with E-state index in [0.717, 1.165) is 5.56 Å². The topological polar surface area (TPSA) is 97.6 Å². The monoisotopic (exact) mass is 502 g/mol. The van der Waals surface area contributed by atoms with Gasteiger partial charge in [-0.1, -0.05) is 53.5 Å². The van der Waals surface area contributed by atoms with Crippen LogP contribution in [0.15, 0.2) is 60.8 Å². The first-order chi connectivity index (χ1) is 16.0. The lowest BCUT2D eigenvalue weighted by Gasteiger charge is -2.20. The van der Waals surface area contributed by atoms with E-state index in [-0.39, 0.29) is 22.0 Å². The highest BCUT2D eigenvalue weighted by Gasteiger charge is 2.24. The van der Waals surface area contributed by atoms with Crippen molar-refractivity contribution in [3.63, 3.8) is 0 Å². The summed E-state index contributed by atoms with van der Waals surface area (Å²) in [5.41, 5.74) is 1.45. The molecule has 178 valence electrons. The number of carbonyl (C=O) groups is 3. The zero-order valence-electron chi connectivity index (χ0n) is 18.8. The van der Waals surface area contributed by atoms with Gasteiger partial charge in [0.2, 0.25) is 0 Å². The molecule has 0 aliphatic rings. The Bertz CT molecular complexity index is 1190. The van der Waals surface area contributed by atoms with Gasteiger partial charge < -0.3 is 15.2 Å². The van der Waals surface area contributed by atoms with Crippen LogP contribution in [0.3, 0.4) is 0 Å². The Balaban J connectivity index is 1.76. The molecule has 1 amide bonds. The van der Waals surface area contributed by atoms with Gasteiger partial charge in [-0.05, 0) is 56.2 Å². The van der Waals surface area contributed by atoms with Crippen molar-refractivity contribution in [1.82, 2.24) is 9.88 Å². The van der Waals surface area contributed by atoms with Gasteiger partial charge in [0.05, 0.1) is 21.3 Å². The Morgan fingerprint density at radius 2 is 1.62 bits per heavy atom. The highest BCUT2D eigenvalue weighted by atomic mass is 35.5. The minimum atomic E-state index is -1.20. The number of benzene rings is 2. The molecule has 0 bridgehead atoms. The summed E-state index contributed by atoms with van der Waals surface area (Å²) >= 11 is 12.1. The molecule has 7 nitrogen and oxygen atoms in total. The average Bonchev–Trinajstić information content (AvgIpc) is 3.22. The van der Waals surface area contributed by atoms with Crippen molar-refractivity contribution in [2.75, 3.05) is 0 Å². The second kappa shape index (κ2) is 10.3. The van der Waals surface area contributed by atoms with Gasteiger partial charge in [0, 0.05) is 12.6 Å². The number of amides is 1. The van der Waals surface area contributed by atoms with Crippen LogP contribution in [0.25, 0.3) is 11.3 Å². The molecule has 1 atom stereocenters. The zero-order valence-corrected chi connectivity index (χ0v) is 20.4. The number of carboxylic acid groups (broad SMARTS) is 1. The number of hydrogen-bond donors (Lipinski definition) is 2. The maximum Gasteiger partial charge on any atom is 0.418 e. The van der Waals surface area contributed by atoms with E-state index in [4.69, 9.17) is 27.9 Å². The van der Waals surface area contributed by atoms with Crippen LogP contribution >= 0.6 is 23.2 Å². The van der Waals surface area contributed by atoms with Gasteiger partial charge in [0.1, 0.15) is 11.6 Å². The van der Waals surface area contributed by atoms with E-state index in [9.17, 15) is 19.5 Å². The summed E-state index contributed by atoms with van der Waals surface area (Å²) in [6.45, 7) is 5.38. The maximum atomic E-state index is 12.6. The van der Waals surface area contributed by atoms with E-state index >= 15 is 0 Å². The molecule has 34 heavy (non-hydrogen) atoms. The minimum absolute atomic E-state index is 0.0235. The van der Waals surface area contributed by atoms with Gasteiger partial charge in [-0.15, -0.1) is 0 Å². The van der Waals surface area contributed by atoms with Crippen molar-refractivity contribution in [1.29, 1.82) is 0 Å². The number of nitrogens with one attached hydrogen (secondary N) is 1. The van der Waals surface area contributed by atoms with Gasteiger partial charge in [0.15, 0.2) is 0 Å². The van der Waals surface area contributed by atoms with E-state index in [0.29, 0.717) is 11.3 Å². The van der Waals surface area contributed by atoms with Crippen LogP contribution in [0.2, 0.25) is 10.0 Å². The summed E-state index contributed by atoms with van der Waals surface area (Å²) in [4.78, 5) is 36.9. The Kier molecular flexibility index (Phi) is 7.69. The fraction of sp³-hybridized carbons (Fsp3) is 0.240. The second-order valence-corrected chi connectivity index (χ2v) is 9.42. The van der Waals surface area contributed by atoms with E-state index < -0.39 is 29.6 Å². The molecule has 0 fully saturated rings. The van der Waals surface area contributed by atoms with E-state index in [1.165, 1.54) is 16.7 Å². The number of hydrogen-bond acceptors (Lipinski definition) is 4. The Hall–Kier alpha value is -3.29. The lowest BCUT2D eigenvalue weighted by atomic mass is 10.0. The third-order valence-electron chi connectivity index (χ3n) is 4.82. The Morgan fingerprint density at radius 1 is 1.00 bits per heavy atom. The normalized spacial score (nSPS) is 12.1. The quantitative estimate of drug-likeness (QED) is 0.452. The number of carbonyl (C=O) groups excluding carboxylic acids is 2. The van der Waals surface area contributed by atoms with Crippen LogP contribution in [0.5, 0.6) is 0 Å². The molecule has 9 heteroatoms. The highest BCUT2D eigenvalue weighted by Crippen LogP contribution is 2.25. The van der Waals surface area contributed by atoms with Crippen LogP contribution in [0, 0.1) is 0 Å². The first-order valence-corrected chi connectivity index (χ1v) is 11.2. The molecular weight excluding hydrogens is 479 g/mol. The predicted molar refractivity (Wildman–Crippen MR) is 131 cm³/mol. The second-order valence-electron chi connectivity index (χ2n) is 8.61. The van der Waals surface area contributed by atoms with Gasteiger partial charge in [0.25, 0.3) is 5.91 Å². The smallest absolute Gasteiger partial charge is 0.418 e. The summed E-state index contributed by atoms with van der Waals surface area (Å²) in [7, 11) is 0. The Morgan fingerprint density at radius 3 is 2.18 bits per heavy atom. The van der Waals surface area contributed by atoms with Crippen LogP contribution < -0.4 is 5.32 Å². The maximum absolute atomic E-state index is 12.6. The van der Waals surface area contributed by atoms with Crippen molar-refractivity contribution in [3.05, 3.63) is 82.0 Å². The number of carboxylic acids is 1. The molecule has 0 aliphatic carbocycles. The fourth-order valence-electron chi connectivity index (χ4n) is 3.28. The number of aromatic nitrogens is 1. The van der Waals surface area contributed by atoms with Gasteiger partial charge in [-0.2, -0.15) is 0 Å². The van der Waals surface area contributed by atoms with Crippen LogP contribution in [0.1, 0.15) is 36.7 Å². The standard InChI is InChI=1S/C25H24Cl2N2O5/c1-25(2,3)34-24(33)29-13-5-8-20(29)16-11-9-15(10-12-16)14-19(23(31)32)28-22(30)21-17(26)6-4-7-18(21)27/h4-13,19H,14H2,1-3H3,(H,28,30)(H,31,32)/t19-/m0/s1. The average molecular weight is 503 g/mol. The molecule has 2 N–H and O–H groups in total. The number of ether oxygens (including phenoxy) is 1. The molecule has 0 unspecified atom stereocenters. The summed E-state index contributed by atoms with van der Waals surface area (Å²) < 4.78 is 6.85. The van der Waals surface area contributed by atoms with E-state index in [2.05, 4.69) is 5.32 Å². The number of halogens is 2. The van der Waals surface area contributed by atoms with Crippen LogP contribution in [-0.2, 0) is 16.0 Å². The lowest BCUT2D eigenvalue weighted by molar-refractivity contribution is -0.139. The highest BCUT2D eigenvalue weighted by molar-refractivity contribution is 6.39. The zero-order chi connectivity index (χ0) is 25.0. The summed E-state index contributed by atoms with van der Waals surface area (Å²) in [5.74, 6) is -1.87. The van der Waals surface area contributed by atoms with Crippen LogP contribution in [-0.4, -0.2) is 39.3 Å². The van der Waals surface area contributed by atoms with Gasteiger partial charge in [-0.3, -0.25) is 9.36 Å². The summed E-state index contributed by atoms with van der Waals surface area (Å²) in [5, 5.41) is 12.4. The molecule has 0 radical (unpaired) electrons.